The first-order chi connectivity index (χ1) is 11.6. The summed E-state index contributed by atoms with van der Waals surface area (Å²) in [5.41, 5.74) is 1.91. The lowest BCUT2D eigenvalue weighted by atomic mass is 9.88. The molecule has 126 valence electrons. The monoisotopic (exact) mass is 345 g/mol. The van der Waals surface area contributed by atoms with Crippen molar-refractivity contribution in [1.29, 1.82) is 0 Å². The molecule has 3 unspecified atom stereocenters. The molecule has 2 fully saturated rings. The van der Waals surface area contributed by atoms with Gasteiger partial charge in [0.15, 0.2) is 5.13 Å². The minimum Gasteiger partial charge on any atom is -0.464 e. The third-order valence-electron chi connectivity index (χ3n) is 5.19. The Balaban J connectivity index is 1.44. The fourth-order valence-corrected chi connectivity index (χ4v) is 4.72. The zero-order valence-corrected chi connectivity index (χ0v) is 14.2. The third kappa shape index (κ3) is 2.73. The van der Waals surface area contributed by atoms with E-state index in [-0.39, 0.29) is 11.8 Å². The van der Waals surface area contributed by atoms with E-state index in [2.05, 4.69) is 20.0 Å². The largest absolute Gasteiger partial charge is 0.464 e. The van der Waals surface area contributed by atoms with Crippen molar-refractivity contribution in [3.8, 4) is 11.3 Å². The van der Waals surface area contributed by atoms with Crippen molar-refractivity contribution >= 4 is 28.3 Å². The molecule has 6 nitrogen and oxygen atoms in total. The predicted octanol–water partition coefficient (Wildman–Crippen LogP) is 3.30. The van der Waals surface area contributed by atoms with Gasteiger partial charge in [0.1, 0.15) is 5.69 Å². The van der Waals surface area contributed by atoms with Gasteiger partial charge in [0.05, 0.1) is 12.8 Å². The number of hydrogen-bond acceptors (Lipinski definition) is 5. The number of anilines is 1. The molecule has 0 saturated heterocycles. The summed E-state index contributed by atoms with van der Waals surface area (Å²) in [6.45, 7) is 0. The number of amides is 1. The van der Waals surface area contributed by atoms with Crippen LogP contribution in [0.2, 0.25) is 0 Å². The van der Waals surface area contributed by atoms with E-state index < -0.39 is 5.97 Å². The van der Waals surface area contributed by atoms with Crippen LogP contribution in [0.5, 0.6) is 0 Å². The van der Waals surface area contributed by atoms with Crippen molar-refractivity contribution in [3.05, 3.63) is 23.3 Å². The summed E-state index contributed by atoms with van der Waals surface area (Å²) in [4.78, 5) is 31.3. The number of ether oxygens (including phenoxy) is 1. The smallest absolute Gasteiger partial charge is 0.354 e. The van der Waals surface area contributed by atoms with E-state index in [0.29, 0.717) is 16.7 Å². The fraction of sp³-hybridized carbons (Fsp3) is 0.471. The second kappa shape index (κ2) is 6.05. The molecule has 0 aromatic carbocycles. The lowest BCUT2D eigenvalue weighted by molar-refractivity contribution is -0.121. The quantitative estimate of drug-likeness (QED) is 0.833. The van der Waals surface area contributed by atoms with E-state index in [9.17, 15) is 9.59 Å². The molecule has 2 aliphatic carbocycles. The highest BCUT2D eigenvalue weighted by Gasteiger charge is 2.43. The zero-order chi connectivity index (χ0) is 16.7. The zero-order valence-electron chi connectivity index (χ0n) is 13.4. The topological polar surface area (TPSA) is 84.1 Å². The van der Waals surface area contributed by atoms with Crippen molar-refractivity contribution in [3.63, 3.8) is 0 Å². The number of hydrogen-bond donors (Lipinski definition) is 2. The van der Waals surface area contributed by atoms with Gasteiger partial charge >= 0.3 is 5.97 Å². The molecular formula is C17H19N3O3S. The summed E-state index contributed by atoms with van der Waals surface area (Å²) >= 11 is 1.40. The van der Waals surface area contributed by atoms with Crippen molar-refractivity contribution in [2.45, 2.75) is 25.7 Å². The van der Waals surface area contributed by atoms with Gasteiger partial charge in [-0.05, 0) is 37.2 Å². The minimum atomic E-state index is -0.415. The molecule has 24 heavy (non-hydrogen) atoms. The molecule has 2 bridgehead atoms. The first kappa shape index (κ1) is 15.4. The van der Waals surface area contributed by atoms with Gasteiger partial charge in [0.25, 0.3) is 0 Å². The molecular weight excluding hydrogens is 326 g/mol. The maximum Gasteiger partial charge on any atom is 0.354 e. The van der Waals surface area contributed by atoms with Crippen LogP contribution in [0.25, 0.3) is 11.3 Å². The van der Waals surface area contributed by atoms with Gasteiger partial charge in [-0.2, -0.15) is 0 Å². The molecule has 2 aliphatic rings. The number of fused-ring (bicyclic) bond motifs is 2. The Bertz CT molecular complexity index is 782. The number of H-pyrrole nitrogens is 1. The molecule has 0 spiro atoms. The van der Waals surface area contributed by atoms with Crippen LogP contribution >= 0.6 is 11.3 Å². The highest BCUT2D eigenvalue weighted by molar-refractivity contribution is 7.14. The number of esters is 1. The highest BCUT2D eigenvalue weighted by Crippen LogP contribution is 2.48. The molecule has 0 aliphatic heterocycles. The number of aromatic nitrogens is 2. The minimum absolute atomic E-state index is 0.104. The van der Waals surface area contributed by atoms with Gasteiger partial charge in [0.2, 0.25) is 5.91 Å². The second-order valence-corrected chi connectivity index (χ2v) is 7.46. The molecule has 2 aromatic rings. The number of nitrogens with one attached hydrogen (secondary N) is 2. The molecule has 1 amide bonds. The second-order valence-electron chi connectivity index (χ2n) is 6.60. The normalized spacial score (nSPS) is 25.0. The highest BCUT2D eigenvalue weighted by atomic mass is 32.1. The van der Waals surface area contributed by atoms with Crippen LogP contribution in [-0.4, -0.2) is 29.0 Å². The summed E-state index contributed by atoms with van der Waals surface area (Å²) in [6, 6.07) is 1.70. The summed E-state index contributed by atoms with van der Waals surface area (Å²) in [5.74, 6) is 1.14. The third-order valence-corrected chi connectivity index (χ3v) is 5.95. The first-order valence-electron chi connectivity index (χ1n) is 8.17. The van der Waals surface area contributed by atoms with Crippen LogP contribution in [0, 0.1) is 17.8 Å². The molecule has 7 heteroatoms. The van der Waals surface area contributed by atoms with Crippen molar-refractivity contribution in [1.82, 2.24) is 9.97 Å². The number of aromatic amines is 1. The maximum atomic E-state index is 12.5. The van der Waals surface area contributed by atoms with Crippen LogP contribution < -0.4 is 5.32 Å². The number of rotatable bonds is 4. The van der Waals surface area contributed by atoms with Gasteiger partial charge in [-0.3, -0.25) is 4.79 Å². The van der Waals surface area contributed by atoms with Crippen molar-refractivity contribution < 1.29 is 14.3 Å². The van der Waals surface area contributed by atoms with Crippen molar-refractivity contribution in [2.24, 2.45) is 17.8 Å². The van der Waals surface area contributed by atoms with Crippen LogP contribution in [0.15, 0.2) is 17.6 Å². The summed E-state index contributed by atoms with van der Waals surface area (Å²) < 4.78 is 4.68. The average molecular weight is 345 g/mol. The summed E-state index contributed by atoms with van der Waals surface area (Å²) in [5, 5.41) is 5.45. The van der Waals surface area contributed by atoms with Crippen LogP contribution in [-0.2, 0) is 9.53 Å². The molecule has 3 atom stereocenters. The number of nitrogens with zero attached hydrogens (tertiary/aromatic N) is 1. The van der Waals surface area contributed by atoms with Crippen LogP contribution in [0.4, 0.5) is 5.13 Å². The molecule has 4 rings (SSSR count). The van der Waals surface area contributed by atoms with Gasteiger partial charge < -0.3 is 15.0 Å². The Morgan fingerprint density at radius 1 is 1.38 bits per heavy atom. The number of carbonyl (C=O) groups is 2. The summed E-state index contributed by atoms with van der Waals surface area (Å²) in [6.07, 6.45) is 6.41. The van der Waals surface area contributed by atoms with Gasteiger partial charge in [-0.15, -0.1) is 11.3 Å². The Hall–Kier alpha value is -2.15. The van der Waals surface area contributed by atoms with Gasteiger partial charge in [0, 0.05) is 23.1 Å². The average Bonchev–Trinajstić information content (AvgIpc) is 3.35. The van der Waals surface area contributed by atoms with Gasteiger partial charge in [-0.25, -0.2) is 9.78 Å². The van der Waals surface area contributed by atoms with E-state index >= 15 is 0 Å². The Morgan fingerprint density at radius 2 is 2.25 bits per heavy atom. The molecule has 2 saturated carbocycles. The van der Waals surface area contributed by atoms with Crippen LogP contribution in [0.3, 0.4) is 0 Å². The molecule has 2 N–H and O–H groups in total. The van der Waals surface area contributed by atoms with E-state index in [1.807, 2.05) is 5.38 Å². The SMILES string of the molecule is COC(=O)c1cc(-c2csc(NC(=O)C3CC4CCC3C4)n2)c[nH]1. The lowest BCUT2D eigenvalue weighted by Gasteiger charge is -2.19. The van der Waals surface area contributed by atoms with Gasteiger partial charge in [-0.1, -0.05) is 6.42 Å². The van der Waals surface area contributed by atoms with E-state index in [1.165, 1.54) is 37.7 Å². The molecule has 2 aromatic heterocycles. The predicted molar refractivity (Wildman–Crippen MR) is 90.8 cm³/mol. The lowest BCUT2D eigenvalue weighted by Crippen LogP contribution is -2.27. The molecule has 2 heterocycles. The van der Waals surface area contributed by atoms with Crippen LogP contribution in [0.1, 0.15) is 36.2 Å². The van der Waals surface area contributed by atoms with E-state index in [1.54, 1.807) is 12.3 Å². The number of methoxy groups -OCH3 is 1. The van der Waals surface area contributed by atoms with E-state index in [4.69, 9.17) is 0 Å². The molecule has 0 radical (unpaired) electrons. The Labute approximate surface area is 143 Å². The standard InChI is InChI=1S/C17H19N3O3S/c1-23-16(22)13-6-11(7-18-13)14-8-24-17(19-14)20-15(21)12-5-9-2-3-10(12)4-9/h6-10,12,18H,2-5H2,1H3,(H,19,20,21). The first-order valence-corrected chi connectivity index (χ1v) is 9.05. The number of carbonyl (C=O) groups excluding carboxylic acids is 2. The van der Waals surface area contributed by atoms with Crippen molar-refractivity contribution in [2.75, 3.05) is 12.4 Å². The number of thiazole rings is 1. The Kier molecular flexibility index (Phi) is 3.88. The fourth-order valence-electron chi connectivity index (χ4n) is 4.00. The Morgan fingerprint density at radius 3 is 2.96 bits per heavy atom. The maximum absolute atomic E-state index is 12.5. The summed E-state index contributed by atoms with van der Waals surface area (Å²) in [7, 11) is 1.34. The van der Waals surface area contributed by atoms with E-state index in [0.717, 1.165) is 23.6 Å².